The minimum Gasteiger partial charge on any atom is -0.497 e. The lowest BCUT2D eigenvalue weighted by molar-refractivity contribution is -0.143. The standard InChI is InChI=1S/C28H32F3N3O3S/c1-18-17-32-25-6-5-19(37-2)14-22(25)21(18)4-3-7-28(27(35)33-36)8-10-34(11-9-28)12-13-38-20-15-23(29)26(31)24(30)16-20/h5-6,14-17,36H,3-4,7-13H2,1-2H3,(H,33,35). The number of pyridine rings is 1. The number of thioether (sulfide) groups is 1. The average Bonchev–Trinajstić information content (AvgIpc) is 2.93. The second-order valence-corrected chi connectivity index (χ2v) is 10.9. The summed E-state index contributed by atoms with van der Waals surface area (Å²) in [6.07, 6.45) is 5.21. The number of nitrogens with zero attached hydrogens (tertiary/aromatic N) is 2. The van der Waals surface area contributed by atoms with E-state index in [1.54, 1.807) is 7.11 Å². The summed E-state index contributed by atoms with van der Waals surface area (Å²) < 4.78 is 45.5. The van der Waals surface area contributed by atoms with E-state index in [9.17, 15) is 23.2 Å². The van der Waals surface area contributed by atoms with Gasteiger partial charge in [0.15, 0.2) is 17.5 Å². The van der Waals surface area contributed by atoms with Crippen LogP contribution >= 0.6 is 11.8 Å². The van der Waals surface area contributed by atoms with Crippen molar-refractivity contribution in [1.82, 2.24) is 15.4 Å². The molecule has 0 aliphatic carbocycles. The number of ether oxygens (including phenoxy) is 1. The molecule has 1 amide bonds. The van der Waals surface area contributed by atoms with Gasteiger partial charge in [0.25, 0.3) is 0 Å². The van der Waals surface area contributed by atoms with Gasteiger partial charge in [0.2, 0.25) is 5.91 Å². The van der Waals surface area contributed by atoms with Gasteiger partial charge >= 0.3 is 0 Å². The van der Waals surface area contributed by atoms with Crippen LogP contribution in [0.15, 0.2) is 41.4 Å². The molecule has 1 aliphatic rings. The normalized spacial score (nSPS) is 15.5. The van der Waals surface area contributed by atoms with E-state index in [0.717, 1.165) is 47.2 Å². The molecule has 6 nitrogen and oxygen atoms in total. The van der Waals surface area contributed by atoms with E-state index in [2.05, 4.69) is 9.88 Å². The van der Waals surface area contributed by atoms with Crippen LogP contribution in [-0.2, 0) is 11.2 Å². The summed E-state index contributed by atoms with van der Waals surface area (Å²) in [5, 5.41) is 10.5. The third-order valence-electron chi connectivity index (χ3n) is 7.51. The highest BCUT2D eigenvalue weighted by Crippen LogP contribution is 2.38. The van der Waals surface area contributed by atoms with E-state index in [1.807, 2.05) is 36.8 Å². The number of carbonyl (C=O) groups excluding carboxylic acids is 1. The molecule has 2 aromatic carbocycles. The third kappa shape index (κ3) is 6.24. The minimum absolute atomic E-state index is 0.337. The highest BCUT2D eigenvalue weighted by Gasteiger charge is 2.40. The molecule has 0 unspecified atom stereocenters. The van der Waals surface area contributed by atoms with Crippen molar-refractivity contribution in [3.63, 3.8) is 0 Å². The summed E-state index contributed by atoms with van der Waals surface area (Å²) in [4.78, 5) is 19.8. The highest BCUT2D eigenvalue weighted by molar-refractivity contribution is 7.99. The Bertz CT molecular complexity index is 1280. The monoisotopic (exact) mass is 547 g/mol. The van der Waals surface area contributed by atoms with E-state index in [-0.39, 0.29) is 5.91 Å². The predicted molar refractivity (Wildman–Crippen MR) is 141 cm³/mol. The van der Waals surface area contributed by atoms with Crippen molar-refractivity contribution >= 4 is 28.6 Å². The molecule has 4 rings (SSSR count). The summed E-state index contributed by atoms with van der Waals surface area (Å²) in [7, 11) is 1.63. The Hall–Kier alpha value is -2.82. The number of hydrogen-bond acceptors (Lipinski definition) is 6. The number of aryl methyl sites for hydroxylation is 2. The quantitative estimate of drug-likeness (QED) is 0.147. The number of methoxy groups -OCH3 is 1. The minimum atomic E-state index is -1.46. The third-order valence-corrected chi connectivity index (χ3v) is 8.47. The zero-order chi connectivity index (χ0) is 27.3. The number of benzene rings is 2. The summed E-state index contributed by atoms with van der Waals surface area (Å²) in [6, 6.07) is 7.82. The first kappa shape index (κ1) is 28.2. The van der Waals surface area contributed by atoms with Crippen LogP contribution in [0.1, 0.15) is 36.8 Å². The lowest BCUT2D eigenvalue weighted by atomic mass is 9.73. The number of fused-ring (bicyclic) bond motifs is 1. The van der Waals surface area contributed by atoms with Crippen LogP contribution in [0.2, 0.25) is 0 Å². The molecule has 204 valence electrons. The number of hydroxylamine groups is 1. The van der Waals surface area contributed by atoms with Crippen LogP contribution in [0.4, 0.5) is 13.2 Å². The number of halogens is 3. The predicted octanol–water partition coefficient (Wildman–Crippen LogP) is 5.67. The molecule has 0 atom stereocenters. The van der Waals surface area contributed by atoms with Gasteiger partial charge < -0.3 is 9.64 Å². The van der Waals surface area contributed by atoms with Gasteiger partial charge in [-0.15, -0.1) is 11.8 Å². The Kier molecular flexibility index (Phi) is 9.17. The smallest absolute Gasteiger partial charge is 0.249 e. The number of nitrogens with one attached hydrogen (secondary N) is 1. The number of amides is 1. The van der Waals surface area contributed by atoms with Gasteiger partial charge in [-0.25, -0.2) is 18.7 Å². The molecule has 1 fully saturated rings. The van der Waals surface area contributed by atoms with Crippen molar-refractivity contribution in [1.29, 1.82) is 0 Å². The average molecular weight is 548 g/mol. The molecule has 0 radical (unpaired) electrons. The Morgan fingerprint density at radius 3 is 2.55 bits per heavy atom. The summed E-state index contributed by atoms with van der Waals surface area (Å²) in [5.41, 5.74) is 4.37. The van der Waals surface area contributed by atoms with Gasteiger partial charge in [-0.05, 0) is 93.6 Å². The molecular weight excluding hydrogens is 515 g/mol. The molecule has 10 heteroatoms. The molecule has 1 aromatic heterocycles. The Balaban J connectivity index is 1.35. The van der Waals surface area contributed by atoms with Gasteiger partial charge in [-0.1, -0.05) is 0 Å². The van der Waals surface area contributed by atoms with Crippen molar-refractivity contribution < 1.29 is 27.9 Å². The molecule has 0 bridgehead atoms. The second kappa shape index (κ2) is 12.4. The molecular formula is C28H32F3N3O3S. The second-order valence-electron chi connectivity index (χ2n) is 9.77. The van der Waals surface area contributed by atoms with E-state index in [4.69, 9.17) is 4.74 Å². The molecule has 3 aromatic rings. The van der Waals surface area contributed by atoms with Crippen LogP contribution < -0.4 is 10.2 Å². The van der Waals surface area contributed by atoms with Crippen LogP contribution in [0.3, 0.4) is 0 Å². The maximum Gasteiger partial charge on any atom is 0.249 e. The maximum atomic E-state index is 13.5. The molecule has 38 heavy (non-hydrogen) atoms. The summed E-state index contributed by atoms with van der Waals surface area (Å²) in [6.45, 7) is 4.01. The first-order valence-electron chi connectivity index (χ1n) is 12.6. The Labute approximate surface area is 224 Å². The summed E-state index contributed by atoms with van der Waals surface area (Å²) >= 11 is 1.26. The number of rotatable bonds is 10. The topological polar surface area (TPSA) is 74.7 Å². The molecule has 0 spiro atoms. The van der Waals surface area contributed by atoms with Gasteiger partial charge in [0.05, 0.1) is 18.0 Å². The number of likely N-dealkylation sites (tertiary alicyclic amines) is 1. The van der Waals surface area contributed by atoms with Gasteiger partial charge in [0, 0.05) is 28.8 Å². The van der Waals surface area contributed by atoms with Gasteiger partial charge in [0.1, 0.15) is 5.75 Å². The highest BCUT2D eigenvalue weighted by atomic mass is 32.2. The summed E-state index contributed by atoms with van der Waals surface area (Å²) in [5.74, 6) is -2.87. The molecule has 2 heterocycles. The molecule has 1 aliphatic heterocycles. The fourth-order valence-corrected chi connectivity index (χ4v) is 6.17. The van der Waals surface area contributed by atoms with Crippen molar-refractivity contribution in [2.75, 3.05) is 32.5 Å². The zero-order valence-electron chi connectivity index (χ0n) is 21.5. The number of aromatic nitrogens is 1. The number of hydrogen-bond donors (Lipinski definition) is 2. The van der Waals surface area contributed by atoms with E-state index >= 15 is 0 Å². The first-order valence-corrected chi connectivity index (χ1v) is 13.6. The largest absolute Gasteiger partial charge is 0.497 e. The lowest BCUT2D eigenvalue weighted by Gasteiger charge is -2.40. The zero-order valence-corrected chi connectivity index (χ0v) is 22.3. The van der Waals surface area contributed by atoms with Crippen LogP contribution in [0.5, 0.6) is 5.75 Å². The van der Waals surface area contributed by atoms with E-state index in [1.165, 1.54) is 17.3 Å². The fraction of sp³-hybridized carbons (Fsp3) is 0.429. The molecule has 2 N–H and O–H groups in total. The Morgan fingerprint density at radius 2 is 1.89 bits per heavy atom. The number of carbonyl (C=O) groups is 1. The van der Waals surface area contributed by atoms with Crippen LogP contribution in [-0.4, -0.2) is 53.5 Å². The van der Waals surface area contributed by atoms with Crippen molar-refractivity contribution in [3.05, 3.63) is 65.1 Å². The molecule has 1 saturated heterocycles. The van der Waals surface area contributed by atoms with Crippen LogP contribution in [0, 0.1) is 29.8 Å². The SMILES string of the molecule is COc1ccc2ncc(C)c(CCCC3(C(=O)NO)CCN(CCSc4cc(F)c(F)c(F)c4)CC3)c2c1. The number of piperidine rings is 1. The van der Waals surface area contributed by atoms with E-state index in [0.29, 0.717) is 49.5 Å². The lowest BCUT2D eigenvalue weighted by Crippen LogP contribution is -2.48. The van der Waals surface area contributed by atoms with Gasteiger partial charge in [-0.3, -0.25) is 15.0 Å². The maximum absolute atomic E-state index is 13.5. The van der Waals surface area contributed by atoms with Crippen molar-refractivity contribution in [2.45, 2.75) is 43.9 Å². The van der Waals surface area contributed by atoms with Crippen LogP contribution in [0.25, 0.3) is 10.9 Å². The molecule has 0 saturated carbocycles. The van der Waals surface area contributed by atoms with Crippen molar-refractivity contribution in [2.24, 2.45) is 5.41 Å². The van der Waals surface area contributed by atoms with E-state index < -0.39 is 22.9 Å². The first-order chi connectivity index (χ1) is 18.3. The Morgan fingerprint density at radius 1 is 1.18 bits per heavy atom. The fourth-order valence-electron chi connectivity index (χ4n) is 5.21. The van der Waals surface area contributed by atoms with Crippen molar-refractivity contribution in [3.8, 4) is 5.75 Å². The van der Waals surface area contributed by atoms with Gasteiger partial charge in [-0.2, -0.15) is 0 Å².